The molecule has 0 unspecified atom stereocenters. The molecule has 0 spiro atoms. The number of carbonyl (C=O) groups is 2. The minimum absolute atomic E-state index is 0.0163. The molecule has 2 aromatic rings. The first kappa shape index (κ1) is 22.1. The molecule has 1 aliphatic rings. The average Bonchev–Trinajstić information content (AvgIpc) is 2.72. The van der Waals surface area contributed by atoms with Gasteiger partial charge in [0.05, 0.1) is 13.2 Å². The highest BCUT2D eigenvalue weighted by Crippen LogP contribution is 2.33. The van der Waals surface area contributed by atoms with E-state index >= 15 is 0 Å². The maximum atomic E-state index is 12.6. The van der Waals surface area contributed by atoms with Gasteiger partial charge in [0.15, 0.2) is 6.61 Å². The minimum atomic E-state index is -0.577. The highest BCUT2D eigenvalue weighted by Gasteiger charge is 2.20. The van der Waals surface area contributed by atoms with Crippen molar-refractivity contribution in [2.24, 2.45) is 0 Å². The molecule has 2 aromatic carbocycles. The van der Waals surface area contributed by atoms with Crippen LogP contribution in [0.25, 0.3) is 11.1 Å². The lowest BCUT2D eigenvalue weighted by molar-refractivity contribution is -0.157. The summed E-state index contributed by atoms with van der Waals surface area (Å²) < 4.78 is 16.3. The Morgan fingerprint density at radius 2 is 1.73 bits per heavy atom. The van der Waals surface area contributed by atoms with Crippen LogP contribution in [0.2, 0.25) is 5.02 Å². The van der Waals surface area contributed by atoms with Gasteiger partial charge in [0.1, 0.15) is 11.4 Å². The summed E-state index contributed by atoms with van der Waals surface area (Å²) in [5, 5.41) is 0.545. The molecular formula is C23H26ClNO5. The topological polar surface area (TPSA) is 65.1 Å². The normalized spacial score (nSPS) is 14.3. The average molecular weight is 432 g/mol. The second kappa shape index (κ2) is 9.49. The van der Waals surface area contributed by atoms with Gasteiger partial charge in [-0.15, -0.1) is 0 Å². The molecule has 0 aromatic heterocycles. The first-order valence-corrected chi connectivity index (χ1v) is 10.2. The van der Waals surface area contributed by atoms with E-state index < -0.39 is 11.6 Å². The van der Waals surface area contributed by atoms with Crippen LogP contribution in [-0.2, 0) is 14.3 Å². The molecule has 1 fully saturated rings. The fourth-order valence-corrected chi connectivity index (χ4v) is 3.27. The Labute approximate surface area is 181 Å². The third kappa shape index (κ3) is 5.97. The van der Waals surface area contributed by atoms with Gasteiger partial charge >= 0.3 is 5.97 Å². The van der Waals surface area contributed by atoms with Gasteiger partial charge in [0.2, 0.25) is 0 Å². The van der Waals surface area contributed by atoms with E-state index in [2.05, 4.69) is 0 Å². The fourth-order valence-electron chi connectivity index (χ4n) is 3.10. The molecule has 160 valence electrons. The van der Waals surface area contributed by atoms with E-state index in [0.717, 1.165) is 11.1 Å². The maximum absolute atomic E-state index is 12.6. The molecule has 0 N–H and O–H groups in total. The summed E-state index contributed by atoms with van der Waals surface area (Å²) in [6.07, 6.45) is 0. The molecule has 0 radical (unpaired) electrons. The molecule has 0 atom stereocenters. The molecule has 1 amide bonds. The van der Waals surface area contributed by atoms with Crippen LogP contribution in [-0.4, -0.2) is 55.3 Å². The van der Waals surface area contributed by atoms with Crippen LogP contribution in [0.5, 0.6) is 5.75 Å². The summed E-state index contributed by atoms with van der Waals surface area (Å²) in [5.74, 6) is 0.0460. The van der Waals surface area contributed by atoms with Gasteiger partial charge < -0.3 is 19.1 Å². The first-order valence-electron chi connectivity index (χ1n) is 9.84. The zero-order chi connectivity index (χ0) is 21.7. The molecule has 3 rings (SSSR count). The molecule has 1 saturated heterocycles. The van der Waals surface area contributed by atoms with Crippen LogP contribution >= 0.6 is 11.6 Å². The van der Waals surface area contributed by atoms with Crippen LogP contribution in [0.1, 0.15) is 31.1 Å². The predicted octanol–water partition coefficient (Wildman–Crippen LogP) is 4.20. The van der Waals surface area contributed by atoms with Gasteiger partial charge in [-0.1, -0.05) is 23.7 Å². The third-order valence-electron chi connectivity index (χ3n) is 4.45. The summed E-state index contributed by atoms with van der Waals surface area (Å²) in [6.45, 7) is 7.51. The standard InChI is InChI=1S/C23H26ClNO5/c1-23(2,3)30-21(26)15-29-20-9-8-18(24)14-19(20)16-4-6-17(7-5-16)22(27)25-10-12-28-13-11-25/h4-9,14H,10-13,15H2,1-3H3. The quantitative estimate of drug-likeness (QED) is 0.664. The summed E-state index contributed by atoms with van der Waals surface area (Å²) >= 11 is 6.18. The molecule has 1 heterocycles. The lowest BCUT2D eigenvalue weighted by Crippen LogP contribution is -2.40. The Morgan fingerprint density at radius 3 is 2.37 bits per heavy atom. The number of morpholine rings is 1. The molecular weight excluding hydrogens is 406 g/mol. The van der Waals surface area contributed by atoms with E-state index in [-0.39, 0.29) is 12.5 Å². The SMILES string of the molecule is CC(C)(C)OC(=O)COc1ccc(Cl)cc1-c1ccc(C(=O)N2CCOCC2)cc1. The molecule has 7 heteroatoms. The van der Waals surface area contributed by atoms with Crippen LogP contribution in [0, 0.1) is 0 Å². The molecule has 0 saturated carbocycles. The number of nitrogens with zero attached hydrogens (tertiary/aromatic N) is 1. The van der Waals surface area contributed by atoms with Crippen LogP contribution < -0.4 is 4.74 Å². The molecule has 30 heavy (non-hydrogen) atoms. The van der Waals surface area contributed by atoms with Crippen molar-refractivity contribution in [3.8, 4) is 16.9 Å². The van der Waals surface area contributed by atoms with Gasteiger partial charge in [0, 0.05) is 29.2 Å². The Balaban J connectivity index is 1.75. The molecule has 0 aliphatic carbocycles. The Kier molecular flexibility index (Phi) is 7.00. The van der Waals surface area contributed by atoms with Crippen molar-refractivity contribution in [3.63, 3.8) is 0 Å². The van der Waals surface area contributed by atoms with Crippen molar-refractivity contribution in [1.82, 2.24) is 4.90 Å². The smallest absolute Gasteiger partial charge is 0.344 e. The number of carbonyl (C=O) groups excluding carboxylic acids is 2. The van der Waals surface area contributed by atoms with Gasteiger partial charge in [-0.05, 0) is 56.7 Å². The second-order valence-corrected chi connectivity index (χ2v) is 8.43. The number of rotatable bonds is 5. The Bertz CT molecular complexity index is 899. The van der Waals surface area contributed by atoms with Crippen molar-refractivity contribution < 1.29 is 23.8 Å². The number of benzene rings is 2. The zero-order valence-electron chi connectivity index (χ0n) is 17.4. The van der Waals surface area contributed by atoms with Gasteiger partial charge in [-0.25, -0.2) is 4.79 Å². The van der Waals surface area contributed by atoms with Crippen molar-refractivity contribution >= 4 is 23.5 Å². The second-order valence-electron chi connectivity index (χ2n) is 8.00. The molecule has 0 bridgehead atoms. The Morgan fingerprint density at radius 1 is 1.07 bits per heavy atom. The van der Waals surface area contributed by atoms with Crippen molar-refractivity contribution in [3.05, 3.63) is 53.1 Å². The van der Waals surface area contributed by atoms with Crippen LogP contribution in [0.3, 0.4) is 0 Å². The van der Waals surface area contributed by atoms with Crippen LogP contribution in [0.15, 0.2) is 42.5 Å². The molecule has 1 aliphatic heterocycles. The number of hydrogen-bond acceptors (Lipinski definition) is 5. The molecule has 6 nitrogen and oxygen atoms in total. The Hall–Kier alpha value is -2.57. The van der Waals surface area contributed by atoms with E-state index in [9.17, 15) is 9.59 Å². The summed E-state index contributed by atoms with van der Waals surface area (Å²) in [7, 11) is 0. The van der Waals surface area contributed by atoms with Gasteiger partial charge in [-0.3, -0.25) is 4.79 Å². The van der Waals surface area contributed by atoms with E-state index in [1.807, 2.05) is 12.1 Å². The highest BCUT2D eigenvalue weighted by atomic mass is 35.5. The maximum Gasteiger partial charge on any atom is 0.344 e. The highest BCUT2D eigenvalue weighted by molar-refractivity contribution is 6.31. The van der Waals surface area contributed by atoms with Crippen molar-refractivity contribution in [2.45, 2.75) is 26.4 Å². The van der Waals surface area contributed by atoms with E-state index in [1.165, 1.54) is 0 Å². The van der Waals surface area contributed by atoms with E-state index in [1.54, 1.807) is 56.0 Å². The number of amides is 1. The van der Waals surface area contributed by atoms with Crippen LogP contribution in [0.4, 0.5) is 0 Å². The number of ether oxygens (including phenoxy) is 3. The lowest BCUT2D eigenvalue weighted by Gasteiger charge is -2.26. The summed E-state index contributed by atoms with van der Waals surface area (Å²) in [5.41, 5.74) is 1.59. The predicted molar refractivity (Wildman–Crippen MR) is 115 cm³/mol. The number of hydrogen-bond donors (Lipinski definition) is 0. The van der Waals surface area contributed by atoms with Crippen molar-refractivity contribution in [2.75, 3.05) is 32.9 Å². The number of halogens is 1. The monoisotopic (exact) mass is 431 g/mol. The summed E-state index contributed by atoms with van der Waals surface area (Å²) in [4.78, 5) is 26.4. The third-order valence-corrected chi connectivity index (χ3v) is 4.68. The van der Waals surface area contributed by atoms with E-state index in [4.69, 9.17) is 25.8 Å². The minimum Gasteiger partial charge on any atom is -0.481 e. The van der Waals surface area contributed by atoms with Gasteiger partial charge in [-0.2, -0.15) is 0 Å². The first-order chi connectivity index (χ1) is 14.2. The largest absolute Gasteiger partial charge is 0.481 e. The summed E-state index contributed by atoms with van der Waals surface area (Å²) in [6, 6.07) is 12.4. The van der Waals surface area contributed by atoms with Crippen molar-refractivity contribution in [1.29, 1.82) is 0 Å². The number of esters is 1. The lowest BCUT2D eigenvalue weighted by atomic mass is 10.0. The fraction of sp³-hybridized carbons (Fsp3) is 0.391. The zero-order valence-corrected chi connectivity index (χ0v) is 18.2. The van der Waals surface area contributed by atoms with E-state index in [0.29, 0.717) is 42.6 Å². The van der Waals surface area contributed by atoms with Gasteiger partial charge in [0.25, 0.3) is 5.91 Å².